The molecule has 1 aliphatic heterocycles. The second-order valence-electron chi connectivity index (χ2n) is 9.50. The molecule has 7 nitrogen and oxygen atoms in total. The molecule has 1 amide bonds. The minimum Gasteiger partial charge on any atom is -0.465 e. The zero-order valence-corrected chi connectivity index (χ0v) is 20.1. The number of aryl methyl sites for hydroxylation is 1. The Kier molecular flexibility index (Phi) is 8.34. The van der Waals surface area contributed by atoms with E-state index in [1.807, 2.05) is 39.8 Å². The van der Waals surface area contributed by atoms with Crippen molar-refractivity contribution in [2.45, 2.75) is 78.6 Å². The Morgan fingerprint density at radius 3 is 2.55 bits per heavy atom. The predicted octanol–water partition coefficient (Wildman–Crippen LogP) is 4.32. The predicted molar refractivity (Wildman–Crippen MR) is 123 cm³/mol. The largest absolute Gasteiger partial charge is 0.465 e. The maximum absolute atomic E-state index is 12.7. The summed E-state index contributed by atoms with van der Waals surface area (Å²) >= 11 is 0. The third-order valence-corrected chi connectivity index (χ3v) is 5.89. The van der Waals surface area contributed by atoms with E-state index >= 15 is 0 Å². The molecule has 1 aliphatic rings. The van der Waals surface area contributed by atoms with Crippen molar-refractivity contribution in [3.8, 4) is 0 Å². The molecule has 31 heavy (non-hydrogen) atoms. The number of rotatable bonds is 6. The van der Waals surface area contributed by atoms with Gasteiger partial charge in [0.1, 0.15) is 5.60 Å². The lowest BCUT2D eigenvalue weighted by atomic mass is 9.96. The number of esters is 1. The molecular weight excluding hydrogens is 394 g/mol. The average molecular weight is 434 g/mol. The molecule has 7 heteroatoms. The van der Waals surface area contributed by atoms with Gasteiger partial charge >= 0.3 is 12.1 Å². The van der Waals surface area contributed by atoms with Crippen LogP contribution >= 0.6 is 0 Å². The van der Waals surface area contributed by atoms with Gasteiger partial charge in [-0.1, -0.05) is 20.3 Å². The first kappa shape index (κ1) is 25.0. The average Bonchev–Trinajstić information content (AvgIpc) is 2.72. The van der Waals surface area contributed by atoms with Gasteiger partial charge in [-0.2, -0.15) is 0 Å². The lowest BCUT2D eigenvalue weighted by Crippen LogP contribution is -2.58. The number of carbonyl (C=O) groups is 2. The lowest BCUT2D eigenvalue weighted by Gasteiger charge is -2.45. The molecule has 0 radical (unpaired) electrons. The summed E-state index contributed by atoms with van der Waals surface area (Å²) in [6.45, 7) is 13.1. The molecule has 0 spiro atoms. The minimum atomic E-state index is -0.531. The summed E-state index contributed by atoms with van der Waals surface area (Å²) in [4.78, 5) is 28.7. The number of benzene rings is 1. The minimum absolute atomic E-state index is 0.0629. The molecule has 0 bridgehead atoms. The maximum atomic E-state index is 12.7. The van der Waals surface area contributed by atoms with Gasteiger partial charge in [-0.25, -0.2) is 9.59 Å². The standard InChI is InChI=1S/C24H39N3O4/c1-8-16(2)21(25)27(20-12-11-18(14-17(20)3)22(28)30-7)19-10-9-13-26(15-19)23(29)31-24(4,5)6/h11-12,14,16,19,21H,8-10,13,15,25H2,1-7H3/t16?,19-,21?/m1/s1. The van der Waals surface area contributed by atoms with Crippen LogP contribution in [0.4, 0.5) is 10.5 Å². The van der Waals surface area contributed by atoms with E-state index in [1.54, 1.807) is 11.0 Å². The van der Waals surface area contributed by atoms with E-state index in [9.17, 15) is 9.59 Å². The van der Waals surface area contributed by atoms with Crippen molar-refractivity contribution in [3.63, 3.8) is 0 Å². The van der Waals surface area contributed by atoms with E-state index in [4.69, 9.17) is 15.2 Å². The molecule has 2 unspecified atom stereocenters. The summed E-state index contributed by atoms with van der Waals surface area (Å²) in [5, 5.41) is 0. The molecule has 1 aromatic rings. The number of nitrogens with zero attached hydrogens (tertiary/aromatic N) is 2. The monoisotopic (exact) mass is 433 g/mol. The van der Waals surface area contributed by atoms with Gasteiger partial charge in [0.05, 0.1) is 18.8 Å². The molecule has 3 atom stereocenters. The van der Waals surface area contributed by atoms with Gasteiger partial charge in [0.2, 0.25) is 0 Å². The summed E-state index contributed by atoms with van der Waals surface area (Å²) in [5.74, 6) is -0.0993. The van der Waals surface area contributed by atoms with Crippen LogP contribution in [0.15, 0.2) is 18.2 Å². The van der Waals surface area contributed by atoms with Gasteiger partial charge < -0.3 is 25.0 Å². The van der Waals surface area contributed by atoms with Gasteiger partial charge in [0.15, 0.2) is 0 Å². The van der Waals surface area contributed by atoms with Crippen LogP contribution in [0.2, 0.25) is 0 Å². The normalized spacial score (nSPS) is 18.8. The van der Waals surface area contributed by atoms with Gasteiger partial charge in [0, 0.05) is 24.8 Å². The van der Waals surface area contributed by atoms with E-state index in [0.717, 1.165) is 30.5 Å². The molecule has 1 aromatic carbocycles. The molecular formula is C24H39N3O4. The summed E-state index contributed by atoms with van der Waals surface area (Å²) in [6.07, 6.45) is 2.26. The molecule has 1 heterocycles. The van der Waals surface area contributed by atoms with Crippen LogP contribution in [0.25, 0.3) is 0 Å². The lowest BCUT2D eigenvalue weighted by molar-refractivity contribution is 0.0193. The second kappa shape index (κ2) is 10.4. The van der Waals surface area contributed by atoms with Crippen molar-refractivity contribution in [1.29, 1.82) is 0 Å². The second-order valence-corrected chi connectivity index (χ2v) is 9.50. The molecule has 0 aliphatic carbocycles. The SMILES string of the molecule is CCC(C)C(N)N(c1ccc(C(=O)OC)cc1C)[C@@H]1CCCN(C(=O)OC(C)(C)C)C1. The van der Waals surface area contributed by atoms with Crippen molar-refractivity contribution in [3.05, 3.63) is 29.3 Å². The molecule has 2 N–H and O–H groups in total. The summed E-state index contributed by atoms with van der Waals surface area (Å²) in [6, 6.07) is 5.62. The summed E-state index contributed by atoms with van der Waals surface area (Å²) in [5.41, 5.74) is 8.67. The Labute approximate surface area is 186 Å². The van der Waals surface area contributed by atoms with Crippen molar-refractivity contribution < 1.29 is 19.1 Å². The van der Waals surface area contributed by atoms with Gasteiger partial charge in [-0.15, -0.1) is 0 Å². The highest BCUT2D eigenvalue weighted by atomic mass is 16.6. The van der Waals surface area contributed by atoms with Crippen LogP contribution in [0.3, 0.4) is 0 Å². The van der Waals surface area contributed by atoms with Crippen molar-refractivity contribution in [2.24, 2.45) is 11.7 Å². The van der Waals surface area contributed by atoms with Crippen LogP contribution in [0.1, 0.15) is 69.8 Å². The number of anilines is 1. The fourth-order valence-corrected chi connectivity index (χ4v) is 3.98. The number of amides is 1. The molecule has 0 aromatic heterocycles. The number of likely N-dealkylation sites (tertiary alicyclic amines) is 1. The first-order chi connectivity index (χ1) is 14.5. The van der Waals surface area contributed by atoms with Crippen LogP contribution in [-0.4, -0.2) is 55.0 Å². The maximum Gasteiger partial charge on any atom is 0.410 e. The highest BCUT2D eigenvalue weighted by Gasteiger charge is 2.34. The number of piperidine rings is 1. The third kappa shape index (κ3) is 6.35. The first-order valence-corrected chi connectivity index (χ1v) is 11.2. The number of ether oxygens (including phenoxy) is 2. The van der Waals surface area contributed by atoms with Crippen LogP contribution in [0, 0.1) is 12.8 Å². The zero-order chi connectivity index (χ0) is 23.3. The Bertz CT molecular complexity index is 775. The number of carbonyl (C=O) groups excluding carboxylic acids is 2. The van der Waals surface area contributed by atoms with Gasteiger partial charge in [-0.3, -0.25) is 0 Å². The van der Waals surface area contributed by atoms with E-state index in [2.05, 4.69) is 18.7 Å². The number of hydrogen-bond acceptors (Lipinski definition) is 6. The molecule has 174 valence electrons. The Balaban J connectivity index is 2.36. The Morgan fingerprint density at radius 1 is 1.32 bits per heavy atom. The van der Waals surface area contributed by atoms with Gasteiger partial charge in [0.25, 0.3) is 0 Å². The Morgan fingerprint density at radius 2 is 2.00 bits per heavy atom. The van der Waals surface area contributed by atoms with E-state index < -0.39 is 5.60 Å². The zero-order valence-electron chi connectivity index (χ0n) is 20.1. The highest BCUT2D eigenvalue weighted by molar-refractivity contribution is 5.90. The Hall–Kier alpha value is -2.28. The van der Waals surface area contributed by atoms with Crippen molar-refractivity contribution in [2.75, 3.05) is 25.1 Å². The number of hydrogen-bond donors (Lipinski definition) is 1. The van der Waals surface area contributed by atoms with Crippen LogP contribution < -0.4 is 10.6 Å². The van der Waals surface area contributed by atoms with Crippen LogP contribution in [-0.2, 0) is 9.47 Å². The van der Waals surface area contributed by atoms with E-state index in [0.29, 0.717) is 18.7 Å². The molecule has 2 rings (SSSR count). The number of methoxy groups -OCH3 is 1. The fraction of sp³-hybridized carbons (Fsp3) is 0.667. The molecule has 1 fully saturated rings. The number of nitrogens with two attached hydrogens (primary N) is 1. The highest BCUT2D eigenvalue weighted by Crippen LogP contribution is 2.31. The smallest absolute Gasteiger partial charge is 0.410 e. The van der Waals surface area contributed by atoms with E-state index in [1.165, 1.54) is 7.11 Å². The summed E-state index contributed by atoms with van der Waals surface area (Å²) < 4.78 is 10.5. The topological polar surface area (TPSA) is 85.1 Å². The molecule has 1 saturated heterocycles. The van der Waals surface area contributed by atoms with E-state index in [-0.39, 0.29) is 30.2 Å². The van der Waals surface area contributed by atoms with Crippen molar-refractivity contribution in [1.82, 2.24) is 4.90 Å². The third-order valence-electron chi connectivity index (χ3n) is 5.89. The quantitative estimate of drug-likeness (QED) is 0.531. The fourth-order valence-electron chi connectivity index (χ4n) is 3.98. The first-order valence-electron chi connectivity index (χ1n) is 11.2. The molecule has 0 saturated carbocycles. The van der Waals surface area contributed by atoms with Crippen LogP contribution in [0.5, 0.6) is 0 Å². The van der Waals surface area contributed by atoms with Gasteiger partial charge in [-0.05, 0) is 70.2 Å². The van der Waals surface area contributed by atoms with Crippen molar-refractivity contribution >= 4 is 17.7 Å². The summed E-state index contributed by atoms with van der Waals surface area (Å²) in [7, 11) is 1.38.